The molecule has 1 spiro atoms. The highest BCUT2D eigenvalue weighted by molar-refractivity contribution is 6.07. The molecule has 1 nitrogen and oxygen atoms in total. The number of anilines is 1. The zero-order chi connectivity index (χ0) is 43.1. The molecule has 11 aromatic carbocycles. The maximum absolute atomic E-state index is 6.64. The van der Waals surface area contributed by atoms with Gasteiger partial charge in [-0.2, -0.15) is 0 Å². The number of hydrogen-bond donors (Lipinski definition) is 1. The molecular weight excluding hydrogens is 783 g/mol. The van der Waals surface area contributed by atoms with Gasteiger partial charge in [0.05, 0.1) is 5.41 Å². The SMILES string of the molecule is Nc1ccccc1/C(=C\Cc1ccc2c(ccc3ccccc32)c1)c1ccc(-c2ccc3cc(-c4ccc5c(c4)C4(c6ccccc6-c6ccccc64)c4ccccc4-5)ccc3c2)cc1. The molecule has 2 aliphatic carbocycles. The number of para-hydroxylation sites is 1. The Hall–Kier alpha value is -8.26. The molecule has 0 radical (unpaired) electrons. The lowest BCUT2D eigenvalue weighted by molar-refractivity contribution is 0.794. The van der Waals surface area contributed by atoms with Crippen LogP contribution in [0.25, 0.3) is 82.4 Å². The van der Waals surface area contributed by atoms with Gasteiger partial charge in [-0.25, -0.2) is 0 Å². The molecule has 0 amide bonds. The van der Waals surface area contributed by atoms with Gasteiger partial charge in [-0.15, -0.1) is 0 Å². The number of nitrogens with two attached hydrogens (primary N) is 1. The summed E-state index contributed by atoms with van der Waals surface area (Å²) in [5.74, 6) is 0. The Labute approximate surface area is 379 Å². The number of rotatable bonds is 6. The van der Waals surface area contributed by atoms with Crippen molar-refractivity contribution in [3.05, 3.63) is 276 Å². The molecular formula is C64H43N. The first kappa shape index (κ1) is 37.3. The first-order chi connectivity index (χ1) is 32.1. The van der Waals surface area contributed by atoms with E-state index < -0.39 is 0 Å². The quantitative estimate of drug-likeness (QED) is 0.131. The zero-order valence-corrected chi connectivity index (χ0v) is 35.8. The molecule has 0 aromatic heterocycles. The zero-order valence-electron chi connectivity index (χ0n) is 35.8. The molecule has 0 heterocycles. The van der Waals surface area contributed by atoms with E-state index in [0.717, 1.165) is 28.8 Å². The highest BCUT2D eigenvalue weighted by Gasteiger charge is 2.51. The van der Waals surface area contributed by atoms with Gasteiger partial charge in [-0.3, -0.25) is 0 Å². The lowest BCUT2D eigenvalue weighted by Crippen LogP contribution is -2.25. The molecule has 0 aliphatic heterocycles. The molecule has 0 unspecified atom stereocenters. The maximum atomic E-state index is 6.64. The smallest absolute Gasteiger partial charge is 0.0725 e. The van der Waals surface area contributed by atoms with Crippen molar-refractivity contribution in [3.63, 3.8) is 0 Å². The summed E-state index contributed by atoms with van der Waals surface area (Å²) in [5.41, 5.74) is 27.3. The molecule has 1 heteroatoms. The Morgan fingerprint density at radius 3 is 1.57 bits per heavy atom. The first-order valence-electron chi connectivity index (χ1n) is 22.7. The molecule has 0 fully saturated rings. The number of nitrogen functional groups attached to an aromatic ring is 1. The van der Waals surface area contributed by atoms with Crippen LogP contribution in [0.1, 0.15) is 38.9 Å². The summed E-state index contributed by atoms with van der Waals surface area (Å²) in [6.07, 6.45) is 3.13. The third-order valence-electron chi connectivity index (χ3n) is 14.3. The normalized spacial score (nSPS) is 13.3. The molecule has 65 heavy (non-hydrogen) atoms. The summed E-state index contributed by atoms with van der Waals surface area (Å²) >= 11 is 0. The standard InChI is InChI=1S/C64H43N/c65-63-20-10-6-16-58(63)52(34-21-41-22-35-53-50(37-41)32-27-43-11-1-2-12-51(43)53)44-25-23-42(24-26-44)45-28-29-47-39-48(31-30-46(47)38-45)49-33-36-57-56-15-5-9-19-61(56)64(62(57)40-49)59-17-7-3-13-54(59)55-14-4-8-18-60(55)64/h1-20,22-40H,21,65H2/b52-34-. The summed E-state index contributed by atoms with van der Waals surface area (Å²) in [6.45, 7) is 0. The van der Waals surface area contributed by atoms with Crippen molar-refractivity contribution in [1.82, 2.24) is 0 Å². The third-order valence-corrected chi connectivity index (χ3v) is 14.3. The van der Waals surface area contributed by atoms with Gasteiger partial charge in [-0.05, 0) is 146 Å². The Morgan fingerprint density at radius 2 is 0.877 bits per heavy atom. The first-order valence-corrected chi connectivity index (χ1v) is 22.7. The molecule has 2 aliphatic rings. The minimum absolute atomic E-state index is 0.353. The Morgan fingerprint density at radius 1 is 0.369 bits per heavy atom. The van der Waals surface area contributed by atoms with Gasteiger partial charge in [0.2, 0.25) is 0 Å². The third kappa shape index (κ3) is 5.79. The number of benzene rings is 11. The second-order valence-electron chi connectivity index (χ2n) is 17.8. The Balaban J connectivity index is 0.825. The summed E-state index contributed by atoms with van der Waals surface area (Å²) in [6, 6.07) is 85.1. The molecule has 304 valence electrons. The van der Waals surface area contributed by atoms with Crippen LogP contribution >= 0.6 is 0 Å². The predicted molar refractivity (Wildman–Crippen MR) is 274 cm³/mol. The van der Waals surface area contributed by atoms with E-state index in [1.807, 2.05) is 12.1 Å². The van der Waals surface area contributed by atoms with E-state index in [2.05, 4.69) is 224 Å². The minimum Gasteiger partial charge on any atom is -0.398 e. The van der Waals surface area contributed by atoms with E-state index in [9.17, 15) is 0 Å². The monoisotopic (exact) mass is 825 g/mol. The number of hydrogen-bond acceptors (Lipinski definition) is 1. The van der Waals surface area contributed by atoms with Crippen LogP contribution in [0.2, 0.25) is 0 Å². The second-order valence-corrected chi connectivity index (χ2v) is 17.8. The van der Waals surface area contributed by atoms with Gasteiger partial charge < -0.3 is 5.73 Å². The fourth-order valence-corrected chi connectivity index (χ4v) is 11.3. The molecule has 0 saturated carbocycles. The predicted octanol–water partition coefficient (Wildman–Crippen LogP) is 16.1. The average Bonchev–Trinajstić information content (AvgIpc) is 3.84. The maximum Gasteiger partial charge on any atom is 0.0725 e. The molecule has 0 saturated heterocycles. The van der Waals surface area contributed by atoms with Crippen molar-refractivity contribution in [1.29, 1.82) is 0 Å². The second kappa shape index (κ2) is 14.7. The van der Waals surface area contributed by atoms with Gasteiger partial charge >= 0.3 is 0 Å². The fourth-order valence-electron chi connectivity index (χ4n) is 11.3. The van der Waals surface area contributed by atoms with E-state index in [1.54, 1.807) is 0 Å². The van der Waals surface area contributed by atoms with Crippen LogP contribution in [-0.2, 0) is 11.8 Å². The van der Waals surface area contributed by atoms with Gasteiger partial charge in [-0.1, -0.05) is 212 Å². The largest absolute Gasteiger partial charge is 0.398 e. The highest BCUT2D eigenvalue weighted by atomic mass is 14.6. The van der Waals surface area contributed by atoms with Crippen LogP contribution in [-0.4, -0.2) is 0 Å². The van der Waals surface area contributed by atoms with Gasteiger partial charge in [0.1, 0.15) is 0 Å². The van der Waals surface area contributed by atoms with Gasteiger partial charge in [0.25, 0.3) is 0 Å². The minimum atomic E-state index is -0.353. The van der Waals surface area contributed by atoms with E-state index in [4.69, 9.17) is 5.73 Å². The number of allylic oxidation sites excluding steroid dienone is 1. The molecule has 2 N–H and O–H groups in total. The van der Waals surface area contributed by atoms with Gasteiger partial charge in [0, 0.05) is 11.3 Å². The van der Waals surface area contributed by atoms with E-state index in [-0.39, 0.29) is 5.41 Å². The lowest BCUT2D eigenvalue weighted by Gasteiger charge is -2.30. The van der Waals surface area contributed by atoms with Crippen molar-refractivity contribution in [2.45, 2.75) is 11.8 Å². The summed E-state index contributed by atoms with van der Waals surface area (Å²) in [4.78, 5) is 0. The lowest BCUT2D eigenvalue weighted by atomic mass is 9.70. The van der Waals surface area contributed by atoms with Crippen LogP contribution in [0.15, 0.2) is 237 Å². The Bertz CT molecular complexity index is 3690. The van der Waals surface area contributed by atoms with Crippen LogP contribution in [0, 0.1) is 0 Å². The number of fused-ring (bicyclic) bond motifs is 14. The fraction of sp³-hybridized carbons (Fsp3) is 0.0312. The Kier molecular flexibility index (Phi) is 8.41. The van der Waals surface area contributed by atoms with Crippen LogP contribution < -0.4 is 5.73 Å². The topological polar surface area (TPSA) is 26.0 Å². The van der Waals surface area contributed by atoms with Crippen molar-refractivity contribution < 1.29 is 0 Å². The van der Waals surface area contributed by atoms with Crippen molar-refractivity contribution in [2.75, 3.05) is 5.73 Å². The van der Waals surface area contributed by atoms with Crippen molar-refractivity contribution >= 4 is 43.6 Å². The summed E-state index contributed by atoms with van der Waals surface area (Å²) < 4.78 is 0. The summed E-state index contributed by atoms with van der Waals surface area (Å²) in [5, 5.41) is 7.55. The molecule has 0 atom stereocenters. The average molecular weight is 826 g/mol. The van der Waals surface area contributed by atoms with Crippen LogP contribution in [0.5, 0.6) is 0 Å². The van der Waals surface area contributed by atoms with Gasteiger partial charge in [0.15, 0.2) is 0 Å². The van der Waals surface area contributed by atoms with E-state index >= 15 is 0 Å². The van der Waals surface area contributed by atoms with E-state index in [1.165, 1.54) is 105 Å². The van der Waals surface area contributed by atoms with Crippen molar-refractivity contribution in [2.24, 2.45) is 0 Å². The molecule has 0 bridgehead atoms. The van der Waals surface area contributed by atoms with Crippen molar-refractivity contribution in [3.8, 4) is 44.5 Å². The summed E-state index contributed by atoms with van der Waals surface area (Å²) in [7, 11) is 0. The van der Waals surface area contributed by atoms with Crippen LogP contribution in [0.3, 0.4) is 0 Å². The molecule has 11 aromatic rings. The van der Waals surface area contributed by atoms with Crippen LogP contribution in [0.4, 0.5) is 5.69 Å². The molecule has 13 rings (SSSR count). The van der Waals surface area contributed by atoms with E-state index in [0.29, 0.717) is 0 Å². The highest BCUT2D eigenvalue weighted by Crippen LogP contribution is 2.63.